The molecule has 2 aliphatic rings. The largest absolute Gasteiger partial charge is 0.586 e. The number of rotatable bonds is 1. The Morgan fingerprint density at radius 2 is 2.06 bits per heavy atom. The Bertz CT molecular complexity index is 626. The molecule has 1 aromatic rings. The fourth-order valence-corrected chi connectivity index (χ4v) is 2.04. The molecule has 0 spiro atoms. The van der Waals surface area contributed by atoms with Crippen LogP contribution in [0.1, 0.15) is 12.0 Å². The van der Waals surface area contributed by atoms with Gasteiger partial charge in [-0.05, 0) is 18.1 Å². The number of hydrogen-bond donors (Lipinski definition) is 0. The molecule has 1 aliphatic carbocycles. The average Bonchev–Trinajstić information content (AvgIpc) is 2.89. The molecule has 1 aliphatic heterocycles. The van der Waals surface area contributed by atoms with Crippen LogP contribution in [0.5, 0.6) is 11.5 Å². The smallest absolute Gasteiger partial charge is 0.395 e. The summed E-state index contributed by atoms with van der Waals surface area (Å²) < 4.78 is 35.0. The first kappa shape index (κ1) is 10.8. The summed E-state index contributed by atoms with van der Waals surface area (Å²) in [4.78, 5) is 3.37. The van der Waals surface area contributed by atoms with Gasteiger partial charge in [0.25, 0.3) is 0 Å². The van der Waals surface area contributed by atoms with Gasteiger partial charge in [-0.3, -0.25) is 0 Å². The summed E-state index contributed by atoms with van der Waals surface area (Å²) >= 11 is 0. The number of nitrogens with zero attached hydrogens (tertiary/aromatic N) is 1. The topological polar surface area (TPSA) is 22.8 Å². The van der Waals surface area contributed by atoms with Crippen LogP contribution >= 0.6 is 0 Å². The van der Waals surface area contributed by atoms with Crippen molar-refractivity contribution in [1.29, 1.82) is 0 Å². The zero-order chi connectivity index (χ0) is 12.8. The molecule has 18 heavy (non-hydrogen) atoms. The molecule has 3 rings (SSSR count). The number of alkyl halides is 2. The van der Waals surface area contributed by atoms with Crippen LogP contribution in [0, 0.1) is 6.57 Å². The van der Waals surface area contributed by atoms with Gasteiger partial charge in [0, 0.05) is 5.56 Å². The third-order valence-corrected chi connectivity index (χ3v) is 2.75. The third kappa shape index (κ3) is 1.54. The van der Waals surface area contributed by atoms with Gasteiger partial charge in [-0.15, -0.1) is 8.78 Å². The van der Waals surface area contributed by atoms with E-state index in [2.05, 4.69) is 14.3 Å². The molecule has 0 aromatic heterocycles. The minimum absolute atomic E-state index is 0.00497. The highest BCUT2D eigenvalue weighted by Gasteiger charge is 2.44. The van der Waals surface area contributed by atoms with E-state index < -0.39 is 6.29 Å². The third-order valence-electron chi connectivity index (χ3n) is 2.75. The van der Waals surface area contributed by atoms with Crippen LogP contribution < -0.4 is 9.47 Å². The Kier molecular flexibility index (Phi) is 2.14. The lowest BCUT2D eigenvalue weighted by molar-refractivity contribution is -0.286. The molecule has 0 saturated heterocycles. The molecule has 1 aromatic carbocycles. The van der Waals surface area contributed by atoms with Crippen LogP contribution in [-0.4, -0.2) is 6.29 Å². The van der Waals surface area contributed by atoms with E-state index in [1.54, 1.807) is 18.2 Å². The predicted octanol–water partition coefficient (Wildman–Crippen LogP) is 3.60. The minimum Gasteiger partial charge on any atom is -0.395 e. The van der Waals surface area contributed by atoms with Gasteiger partial charge >= 0.3 is 6.29 Å². The quantitative estimate of drug-likeness (QED) is 0.707. The standard InChI is InChI=1S/C13H7F2NO2/c1-16-10-6-2-4-8(10)9-5-3-7-11-12(9)18-13(14,15)17-11/h3-7H,2H2. The fraction of sp³-hybridized carbons (Fsp3) is 0.154. The van der Waals surface area contributed by atoms with E-state index in [-0.39, 0.29) is 11.5 Å². The molecule has 0 unspecified atom stereocenters. The summed E-state index contributed by atoms with van der Waals surface area (Å²) in [6, 6.07) is 4.65. The van der Waals surface area contributed by atoms with Crippen LogP contribution in [0.2, 0.25) is 0 Å². The molecule has 0 amide bonds. The van der Waals surface area contributed by atoms with Crippen molar-refractivity contribution < 1.29 is 18.3 Å². The van der Waals surface area contributed by atoms with E-state index in [1.807, 2.05) is 6.08 Å². The molecule has 0 fully saturated rings. The first-order chi connectivity index (χ1) is 8.61. The summed E-state index contributed by atoms with van der Waals surface area (Å²) in [6.45, 7) is 7.05. The first-order valence-corrected chi connectivity index (χ1v) is 5.28. The molecular weight excluding hydrogens is 240 g/mol. The lowest BCUT2D eigenvalue weighted by atomic mass is 10.0. The Balaban J connectivity index is 2.10. The highest BCUT2D eigenvalue weighted by Crippen LogP contribution is 2.47. The molecule has 90 valence electrons. The van der Waals surface area contributed by atoms with Crippen LogP contribution in [0.15, 0.2) is 36.0 Å². The zero-order valence-corrected chi connectivity index (χ0v) is 9.11. The van der Waals surface area contributed by atoms with Gasteiger partial charge in [0.15, 0.2) is 17.2 Å². The number of benzene rings is 1. The molecule has 5 heteroatoms. The summed E-state index contributed by atoms with van der Waals surface area (Å²) in [6.07, 6.45) is 0.534. The van der Waals surface area contributed by atoms with Crippen molar-refractivity contribution in [2.24, 2.45) is 0 Å². The van der Waals surface area contributed by atoms with Crippen molar-refractivity contribution in [3.8, 4) is 11.5 Å². The number of allylic oxidation sites excluding steroid dienone is 3. The van der Waals surface area contributed by atoms with Crippen LogP contribution in [-0.2, 0) is 0 Å². The highest BCUT2D eigenvalue weighted by molar-refractivity contribution is 5.87. The van der Waals surface area contributed by atoms with Gasteiger partial charge in [0.2, 0.25) is 0 Å². The second-order valence-corrected chi connectivity index (χ2v) is 3.85. The van der Waals surface area contributed by atoms with Crippen molar-refractivity contribution in [1.82, 2.24) is 0 Å². The van der Waals surface area contributed by atoms with Gasteiger partial charge in [-0.1, -0.05) is 24.3 Å². The van der Waals surface area contributed by atoms with Gasteiger partial charge in [-0.2, -0.15) is 0 Å². The van der Waals surface area contributed by atoms with Crippen molar-refractivity contribution in [2.75, 3.05) is 0 Å². The number of fused-ring (bicyclic) bond motifs is 1. The van der Waals surface area contributed by atoms with E-state index in [1.165, 1.54) is 6.07 Å². The van der Waals surface area contributed by atoms with Gasteiger partial charge in [0.1, 0.15) is 0 Å². The highest BCUT2D eigenvalue weighted by atomic mass is 19.3. The molecule has 0 saturated carbocycles. The van der Waals surface area contributed by atoms with Crippen LogP contribution in [0.4, 0.5) is 8.78 Å². The second kappa shape index (κ2) is 3.57. The molecule has 0 atom stereocenters. The van der Waals surface area contributed by atoms with E-state index in [0.717, 1.165) is 0 Å². The predicted molar refractivity (Wildman–Crippen MR) is 59.9 cm³/mol. The molecule has 0 N–H and O–H groups in total. The van der Waals surface area contributed by atoms with E-state index in [4.69, 9.17) is 6.57 Å². The Labute approximate surface area is 102 Å². The zero-order valence-electron chi connectivity index (χ0n) is 9.11. The number of ether oxygens (including phenoxy) is 2. The molecule has 3 nitrogen and oxygen atoms in total. The summed E-state index contributed by atoms with van der Waals surface area (Å²) in [5.74, 6) is -0.0140. The SMILES string of the molecule is [C-]#[N+]C1=CCC=C1c1cccc2c1OC(F)(F)O2. The fourth-order valence-electron chi connectivity index (χ4n) is 2.04. The Morgan fingerprint density at radius 3 is 2.83 bits per heavy atom. The maximum absolute atomic E-state index is 13.0. The Morgan fingerprint density at radius 1 is 1.22 bits per heavy atom. The van der Waals surface area contributed by atoms with Crippen molar-refractivity contribution >= 4 is 5.57 Å². The summed E-state index contributed by atoms with van der Waals surface area (Å²) in [5.41, 5.74) is 1.52. The summed E-state index contributed by atoms with van der Waals surface area (Å²) in [5, 5.41) is 0. The molecule has 0 bridgehead atoms. The number of para-hydroxylation sites is 1. The minimum atomic E-state index is -3.64. The second-order valence-electron chi connectivity index (χ2n) is 3.85. The average molecular weight is 247 g/mol. The molecule has 1 heterocycles. The van der Waals surface area contributed by atoms with E-state index in [0.29, 0.717) is 23.3 Å². The monoisotopic (exact) mass is 247 g/mol. The number of hydrogen-bond acceptors (Lipinski definition) is 2. The first-order valence-electron chi connectivity index (χ1n) is 5.28. The lowest BCUT2D eigenvalue weighted by Crippen LogP contribution is -2.26. The maximum Gasteiger partial charge on any atom is 0.586 e. The van der Waals surface area contributed by atoms with Crippen molar-refractivity contribution in [3.05, 3.63) is 53.0 Å². The Hall–Kier alpha value is -2.35. The normalized spacial score (nSPS) is 19.2. The maximum atomic E-state index is 13.0. The van der Waals surface area contributed by atoms with Gasteiger partial charge in [-0.25, -0.2) is 4.85 Å². The van der Waals surface area contributed by atoms with Crippen molar-refractivity contribution in [2.45, 2.75) is 12.7 Å². The van der Waals surface area contributed by atoms with Crippen molar-refractivity contribution in [3.63, 3.8) is 0 Å². The molecule has 0 radical (unpaired) electrons. The van der Waals surface area contributed by atoms with Crippen LogP contribution in [0.25, 0.3) is 10.4 Å². The van der Waals surface area contributed by atoms with Gasteiger partial charge < -0.3 is 9.47 Å². The lowest BCUT2D eigenvalue weighted by Gasteiger charge is -2.08. The number of halogens is 2. The summed E-state index contributed by atoms with van der Waals surface area (Å²) in [7, 11) is 0. The van der Waals surface area contributed by atoms with Crippen LogP contribution in [0.3, 0.4) is 0 Å². The van der Waals surface area contributed by atoms with E-state index >= 15 is 0 Å². The molecular formula is C13H7F2NO2. The van der Waals surface area contributed by atoms with E-state index in [9.17, 15) is 8.78 Å². The van der Waals surface area contributed by atoms with Gasteiger partial charge in [0.05, 0.1) is 6.57 Å².